The molecule has 0 fully saturated rings. The van der Waals surface area contributed by atoms with Gasteiger partial charge in [0.2, 0.25) is 0 Å². The van der Waals surface area contributed by atoms with Crippen molar-refractivity contribution in [1.82, 2.24) is 9.47 Å². The van der Waals surface area contributed by atoms with Crippen LogP contribution in [-0.4, -0.2) is 28.5 Å². The Hall–Kier alpha value is -1.74. The van der Waals surface area contributed by atoms with Gasteiger partial charge in [0.15, 0.2) is 0 Å². The number of hydrogen-bond acceptors (Lipinski definition) is 1. The van der Waals surface area contributed by atoms with Crippen LogP contribution in [0.4, 0.5) is 0 Å². The third-order valence-electron chi connectivity index (χ3n) is 3.59. The molecule has 2 aromatic rings. The molecular formula is C16H19ClN2O. The average Bonchev–Trinajstić information content (AvgIpc) is 2.86. The summed E-state index contributed by atoms with van der Waals surface area (Å²) in [5, 5.41) is 0.731. The van der Waals surface area contributed by atoms with Gasteiger partial charge in [-0.1, -0.05) is 23.7 Å². The Morgan fingerprint density at radius 3 is 2.50 bits per heavy atom. The smallest absolute Gasteiger partial charge is 0.270 e. The molecule has 0 saturated heterocycles. The van der Waals surface area contributed by atoms with Crippen LogP contribution in [0, 0.1) is 0 Å². The molecule has 1 aromatic carbocycles. The summed E-state index contributed by atoms with van der Waals surface area (Å²) >= 11 is 5.88. The van der Waals surface area contributed by atoms with Gasteiger partial charge in [-0.3, -0.25) is 4.79 Å². The third kappa shape index (κ3) is 3.23. The maximum Gasteiger partial charge on any atom is 0.270 e. The molecule has 2 rings (SSSR count). The molecule has 20 heavy (non-hydrogen) atoms. The first-order valence-electron chi connectivity index (χ1n) is 6.62. The van der Waals surface area contributed by atoms with E-state index in [9.17, 15) is 4.79 Å². The second-order valence-corrected chi connectivity index (χ2v) is 5.54. The van der Waals surface area contributed by atoms with Crippen LogP contribution >= 0.6 is 11.6 Å². The van der Waals surface area contributed by atoms with E-state index in [1.807, 2.05) is 61.3 Å². The molecule has 106 valence electrons. The summed E-state index contributed by atoms with van der Waals surface area (Å²) in [5.74, 6) is 0.0407. The van der Waals surface area contributed by atoms with Gasteiger partial charge in [-0.2, -0.15) is 0 Å². The van der Waals surface area contributed by atoms with Gasteiger partial charge < -0.3 is 9.47 Å². The van der Waals surface area contributed by atoms with Crippen LogP contribution in [0.15, 0.2) is 42.6 Å². The Morgan fingerprint density at radius 1 is 1.30 bits per heavy atom. The van der Waals surface area contributed by atoms with Crippen LogP contribution in [0.2, 0.25) is 5.02 Å². The lowest BCUT2D eigenvalue weighted by molar-refractivity contribution is 0.0734. The minimum absolute atomic E-state index is 0.0407. The largest absolute Gasteiger partial charge is 0.347 e. The van der Waals surface area contributed by atoms with Gasteiger partial charge in [0, 0.05) is 31.4 Å². The normalized spacial score (nSPS) is 12.2. The summed E-state index contributed by atoms with van der Waals surface area (Å²) in [7, 11) is 3.72. The van der Waals surface area contributed by atoms with E-state index in [1.165, 1.54) is 5.56 Å². The van der Waals surface area contributed by atoms with Crippen LogP contribution in [-0.2, 0) is 13.5 Å². The van der Waals surface area contributed by atoms with Crippen LogP contribution in [0.25, 0.3) is 0 Å². The molecule has 0 bridgehead atoms. The topological polar surface area (TPSA) is 25.2 Å². The number of halogens is 1. The molecule has 1 amide bonds. The van der Waals surface area contributed by atoms with Gasteiger partial charge in [-0.05, 0) is 43.2 Å². The van der Waals surface area contributed by atoms with Crippen molar-refractivity contribution < 1.29 is 4.79 Å². The molecule has 0 aliphatic heterocycles. The predicted octanol–water partition coefficient (Wildman–Crippen LogP) is 3.38. The number of hydrogen-bond donors (Lipinski definition) is 0. The van der Waals surface area contributed by atoms with Crippen molar-refractivity contribution >= 4 is 17.5 Å². The number of aryl methyl sites for hydroxylation is 1. The van der Waals surface area contributed by atoms with E-state index < -0.39 is 0 Å². The SMILES string of the molecule is C[C@H](Cc1ccc(Cl)cc1)N(C)C(=O)c1cccn1C. The summed E-state index contributed by atoms with van der Waals surface area (Å²) in [6.45, 7) is 2.05. The van der Waals surface area contributed by atoms with Crippen LogP contribution in [0.3, 0.4) is 0 Å². The average molecular weight is 291 g/mol. The van der Waals surface area contributed by atoms with Gasteiger partial charge in [0.25, 0.3) is 5.91 Å². The lowest BCUT2D eigenvalue weighted by atomic mass is 10.1. The summed E-state index contributed by atoms with van der Waals surface area (Å²) in [6.07, 6.45) is 2.69. The van der Waals surface area contributed by atoms with Crippen molar-refractivity contribution in [2.75, 3.05) is 7.05 Å². The molecule has 1 aromatic heterocycles. The highest BCUT2D eigenvalue weighted by molar-refractivity contribution is 6.30. The summed E-state index contributed by atoms with van der Waals surface area (Å²) in [6, 6.07) is 11.6. The van der Waals surface area contributed by atoms with Crippen molar-refractivity contribution in [3.05, 3.63) is 58.9 Å². The van der Waals surface area contributed by atoms with E-state index in [1.54, 1.807) is 4.90 Å². The lowest BCUT2D eigenvalue weighted by Gasteiger charge is -2.25. The number of rotatable bonds is 4. The number of carbonyl (C=O) groups excluding carboxylic acids is 1. The molecule has 0 spiro atoms. The molecule has 0 aliphatic rings. The number of amides is 1. The molecule has 0 radical (unpaired) electrons. The zero-order valence-electron chi connectivity index (χ0n) is 12.0. The molecule has 0 unspecified atom stereocenters. The summed E-state index contributed by atoms with van der Waals surface area (Å²) in [4.78, 5) is 14.2. The second kappa shape index (κ2) is 6.14. The minimum atomic E-state index is 0.0407. The fraction of sp³-hybridized carbons (Fsp3) is 0.312. The first-order chi connectivity index (χ1) is 9.49. The van der Waals surface area contributed by atoms with Gasteiger partial charge >= 0.3 is 0 Å². The quantitative estimate of drug-likeness (QED) is 0.847. The molecule has 4 heteroatoms. The molecule has 3 nitrogen and oxygen atoms in total. The highest BCUT2D eigenvalue weighted by Crippen LogP contribution is 2.14. The van der Waals surface area contributed by atoms with Crippen molar-refractivity contribution in [3.63, 3.8) is 0 Å². The maximum atomic E-state index is 12.4. The van der Waals surface area contributed by atoms with Gasteiger partial charge in [0.05, 0.1) is 0 Å². The van der Waals surface area contributed by atoms with E-state index in [4.69, 9.17) is 11.6 Å². The molecular weight excluding hydrogens is 272 g/mol. The predicted molar refractivity (Wildman–Crippen MR) is 82.1 cm³/mol. The number of carbonyl (C=O) groups is 1. The fourth-order valence-electron chi connectivity index (χ4n) is 2.16. The maximum absolute atomic E-state index is 12.4. The molecule has 0 N–H and O–H groups in total. The fourth-order valence-corrected chi connectivity index (χ4v) is 2.29. The summed E-state index contributed by atoms with van der Waals surface area (Å²) in [5.41, 5.74) is 1.88. The zero-order valence-corrected chi connectivity index (χ0v) is 12.8. The number of likely N-dealkylation sites (N-methyl/N-ethyl adjacent to an activating group) is 1. The number of nitrogens with zero attached hydrogens (tertiary/aromatic N) is 2. The highest BCUT2D eigenvalue weighted by atomic mass is 35.5. The molecule has 0 aliphatic carbocycles. The Bertz CT molecular complexity index is 589. The number of benzene rings is 1. The Kier molecular flexibility index (Phi) is 4.50. The van der Waals surface area contributed by atoms with Crippen molar-refractivity contribution in [2.24, 2.45) is 7.05 Å². The number of aromatic nitrogens is 1. The minimum Gasteiger partial charge on any atom is -0.347 e. The highest BCUT2D eigenvalue weighted by Gasteiger charge is 2.19. The van der Waals surface area contributed by atoms with E-state index in [0.717, 1.165) is 11.4 Å². The molecule has 0 saturated carbocycles. The van der Waals surface area contributed by atoms with E-state index in [0.29, 0.717) is 5.69 Å². The monoisotopic (exact) mass is 290 g/mol. The van der Waals surface area contributed by atoms with Gasteiger partial charge in [-0.15, -0.1) is 0 Å². The lowest BCUT2D eigenvalue weighted by Crippen LogP contribution is -2.37. The van der Waals surface area contributed by atoms with E-state index in [2.05, 4.69) is 6.92 Å². The van der Waals surface area contributed by atoms with Crippen LogP contribution in [0.1, 0.15) is 23.0 Å². The Morgan fingerprint density at radius 2 is 1.95 bits per heavy atom. The van der Waals surface area contributed by atoms with Crippen molar-refractivity contribution in [3.8, 4) is 0 Å². The third-order valence-corrected chi connectivity index (χ3v) is 3.84. The molecule has 1 atom stereocenters. The van der Waals surface area contributed by atoms with Crippen molar-refractivity contribution in [2.45, 2.75) is 19.4 Å². The van der Waals surface area contributed by atoms with Crippen LogP contribution in [0.5, 0.6) is 0 Å². The van der Waals surface area contributed by atoms with E-state index >= 15 is 0 Å². The Balaban J connectivity index is 2.05. The summed E-state index contributed by atoms with van der Waals surface area (Å²) < 4.78 is 1.84. The molecule has 1 heterocycles. The van der Waals surface area contributed by atoms with E-state index in [-0.39, 0.29) is 11.9 Å². The first kappa shape index (κ1) is 14.7. The van der Waals surface area contributed by atoms with Gasteiger partial charge in [-0.25, -0.2) is 0 Å². The Labute approximate surface area is 124 Å². The van der Waals surface area contributed by atoms with Crippen molar-refractivity contribution in [1.29, 1.82) is 0 Å². The zero-order chi connectivity index (χ0) is 14.7. The first-order valence-corrected chi connectivity index (χ1v) is 6.99. The second-order valence-electron chi connectivity index (χ2n) is 5.10. The standard InChI is InChI=1S/C16H19ClN2O/c1-12(11-13-6-8-14(17)9-7-13)19(3)16(20)15-5-4-10-18(15)2/h4-10,12H,11H2,1-3H3/t12-/m1/s1. The van der Waals surface area contributed by atoms with Gasteiger partial charge in [0.1, 0.15) is 5.69 Å². The van der Waals surface area contributed by atoms with Crippen LogP contribution < -0.4 is 0 Å².